The molecule has 0 aliphatic carbocycles. The van der Waals surface area contributed by atoms with Crippen LogP contribution in [0.25, 0.3) is 0 Å². The van der Waals surface area contributed by atoms with Crippen molar-refractivity contribution in [2.45, 2.75) is 25.3 Å². The fourth-order valence-electron chi connectivity index (χ4n) is 6.25. The van der Waals surface area contributed by atoms with Gasteiger partial charge in [-0.2, -0.15) is 0 Å². The first-order chi connectivity index (χ1) is 18.2. The molecule has 0 saturated carbocycles. The molecule has 2 N–H and O–H groups in total. The Morgan fingerprint density at radius 2 is 1.39 bits per heavy atom. The molecule has 3 aromatic carbocycles. The number of carbonyl (C=O) groups is 2. The summed E-state index contributed by atoms with van der Waals surface area (Å²) in [5, 5.41) is 20.2. The molecule has 0 radical (unpaired) electrons. The number of hydrogen-bond donors (Lipinski definition) is 2. The predicted octanol–water partition coefficient (Wildman–Crippen LogP) is 4.65. The van der Waals surface area contributed by atoms with Crippen molar-refractivity contribution in [2.75, 3.05) is 33.2 Å². The largest absolute Gasteiger partial charge is 0.508 e. The van der Waals surface area contributed by atoms with E-state index in [0.717, 1.165) is 19.5 Å². The summed E-state index contributed by atoms with van der Waals surface area (Å²) >= 11 is 0. The van der Waals surface area contributed by atoms with Crippen LogP contribution in [0.15, 0.2) is 66.7 Å². The van der Waals surface area contributed by atoms with Gasteiger partial charge in [0.05, 0.1) is 0 Å². The van der Waals surface area contributed by atoms with Gasteiger partial charge >= 0.3 is 0 Å². The lowest BCUT2D eigenvalue weighted by Gasteiger charge is -2.45. The predicted molar refractivity (Wildman–Crippen MR) is 143 cm³/mol. The minimum absolute atomic E-state index is 0.00759. The van der Waals surface area contributed by atoms with Gasteiger partial charge in [-0.15, -0.1) is 0 Å². The van der Waals surface area contributed by atoms with Crippen molar-refractivity contribution in [3.63, 3.8) is 0 Å². The maximum Gasteiger partial charge on any atom is 0.167 e. The molecule has 0 amide bonds. The van der Waals surface area contributed by atoms with Crippen molar-refractivity contribution in [3.05, 3.63) is 94.8 Å². The van der Waals surface area contributed by atoms with Gasteiger partial charge in [0, 0.05) is 54.6 Å². The van der Waals surface area contributed by atoms with E-state index in [1.54, 1.807) is 37.3 Å². The number of rotatable bonds is 6. The summed E-state index contributed by atoms with van der Waals surface area (Å²) in [4.78, 5) is 32.7. The first-order valence-corrected chi connectivity index (χ1v) is 13.1. The van der Waals surface area contributed by atoms with Crippen LogP contribution < -0.4 is 0 Å². The summed E-state index contributed by atoms with van der Waals surface area (Å²) in [5.41, 5.74) is 1.80. The molecule has 38 heavy (non-hydrogen) atoms. The lowest BCUT2D eigenvalue weighted by atomic mass is 9.67. The number of hydrogen-bond acceptors (Lipinski definition) is 6. The van der Waals surface area contributed by atoms with Crippen LogP contribution >= 0.6 is 0 Å². The van der Waals surface area contributed by atoms with E-state index >= 15 is 0 Å². The molecule has 0 bridgehead atoms. The number of nitrogens with zero attached hydrogens (tertiary/aromatic N) is 2. The molecule has 5 rings (SSSR count). The normalized spacial score (nSPS) is 24.4. The quantitative estimate of drug-likeness (QED) is 0.465. The van der Waals surface area contributed by atoms with Crippen molar-refractivity contribution in [1.82, 2.24) is 9.80 Å². The maximum absolute atomic E-state index is 14.9. The van der Waals surface area contributed by atoms with Crippen LogP contribution in [-0.2, 0) is 0 Å². The van der Waals surface area contributed by atoms with Gasteiger partial charge in [0.2, 0.25) is 0 Å². The van der Waals surface area contributed by atoms with Crippen molar-refractivity contribution in [1.29, 1.82) is 0 Å². The first-order valence-electron chi connectivity index (χ1n) is 13.1. The van der Waals surface area contributed by atoms with Gasteiger partial charge in [-0.25, -0.2) is 4.39 Å². The van der Waals surface area contributed by atoms with Crippen LogP contribution in [0.4, 0.5) is 4.39 Å². The monoisotopic (exact) mass is 516 g/mol. The number of Topliss-reactive ketones (excluding diaryl/α,β-unsaturated/α-hetero) is 2. The first kappa shape index (κ1) is 26.1. The van der Waals surface area contributed by atoms with Gasteiger partial charge in [-0.05, 0) is 68.4 Å². The Hall–Kier alpha value is -3.55. The number of carbonyl (C=O) groups excluding carboxylic acids is 2. The molecule has 6 nitrogen and oxygen atoms in total. The third kappa shape index (κ3) is 5.08. The van der Waals surface area contributed by atoms with Crippen LogP contribution in [0.5, 0.6) is 11.5 Å². The molecule has 3 aromatic rings. The van der Waals surface area contributed by atoms with E-state index in [9.17, 15) is 24.2 Å². The third-order valence-corrected chi connectivity index (χ3v) is 8.22. The molecular formula is C31H33FN2O4. The Kier molecular flexibility index (Phi) is 7.32. The smallest absolute Gasteiger partial charge is 0.167 e. The number of piperidine rings is 1. The minimum Gasteiger partial charge on any atom is -0.508 e. The highest BCUT2D eigenvalue weighted by Crippen LogP contribution is 2.43. The Labute approximate surface area is 222 Å². The summed E-state index contributed by atoms with van der Waals surface area (Å²) in [6.07, 6.45) is 0.931. The van der Waals surface area contributed by atoms with Crippen molar-refractivity contribution in [3.8, 4) is 11.5 Å². The van der Waals surface area contributed by atoms with E-state index in [1.807, 2.05) is 6.07 Å². The SMILES string of the molecule is Cc1c(F)cccc1C1[C@@H](C(=O)c2cccc(O)c2)CN(C2CCN(C)C2)C[C@H]1C(=O)c1cccc(O)c1. The van der Waals surface area contributed by atoms with Gasteiger partial charge in [0.1, 0.15) is 17.3 Å². The topological polar surface area (TPSA) is 81.1 Å². The number of benzene rings is 3. The Morgan fingerprint density at radius 3 is 1.89 bits per heavy atom. The zero-order valence-electron chi connectivity index (χ0n) is 21.7. The molecule has 0 spiro atoms. The van der Waals surface area contributed by atoms with Crippen LogP contribution in [0.1, 0.15) is 44.2 Å². The van der Waals surface area contributed by atoms with E-state index in [0.29, 0.717) is 35.3 Å². The van der Waals surface area contributed by atoms with E-state index < -0.39 is 17.8 Å². The number of phenols is 2. The Morgan fingerprint density at radius 1 is 0.842 bits per heavy atom. The van der Waals surface area contributed by atoms with Gasteiger partial charge in [0.25, 0.3) is 0 Å². The molecule has 4 atom stereocenters. The highest BCUT2D eigenvalue weighted by molar-refractivity contribution is 6.02. The molecule has 2 aliphatic heterocycles. The van der Waals surface area contributed by atoms with Crippen molar-refractivity contribution >= 4 is 11.6 Å². The Bertz CT molecular complexity index is 1290. The van der Waals surface area contributed by atoms with E-state index in [-0.39, 0.29) is 34.9 Å². The van der Waals surface area contributed by atoms with Crippen LogP contribution in [0.2, 0.25) is 0 Å². The summed E-state index contributed by atoms with van der Waals surface area (Å²) in [7, 11) is 2.06. The standard InChI is InChI=1S/C31H33FN2O4/c1-19-25(10-5-11-28(19)32)29-26(30(37)20-6-3-8-23(35)14-20)17-34(22-12-13-33(2)16-22)18-27(29)31(38)21-7-4-9-24(36)15-21/h3-11,14-15,22,26-27,29,35-36H,12-13,16-18H2,1-2H3/t22?,26-,27+,29?. The van der Waals surface area contributed by atoms with Crippen LogP contribution in [0.3, 0.4) is 0 Å². The number of ketones is 2. The average molecular weight is 517 g/mol. The summed E-state index contributed by atoms with van der Waals surface area (Å²) in [6, 6.07) is 17.6. The maximum atomic E-state index is 14.9. The van der Waals surface area contributed by atoms with Gasteiger partial charge in [-0.1, -0.05) is 36.4 Å². The second-order valence-electron chi connectivity index (χ2n) is 10.7. The summed E-state index contributed by atoms with van der Waals surface area (Å²) in [6.45, 7) is 4.32. The highest BCUT2D eigenvalue weighted by Gasteiger charge is 2.47. The van der Waals surface area contributed by atoms with Gasteiger partial charge < -0.3 is 15.1 Å². The molecule has 7 heteroatoms. The fourth-order valence-corrected chi connectivity index (χ4v) is 6.25. The second kappa shape index (κ2) is 10.7. The molecule has 2 heterocycles. The van der Waals surface area contributed by atoms with E-state index in [1.165, 1.54) is 30.3 Å². The molecule has 0 aromatic heterocycles. The lowest BCUT2D eigenvalue weighted by Crippen LogP contribution is -2.54. The fraction of sp³-hybridized carbons (Fsp3) is 0.355. The summed E-state index contributed by atoms with van der Waals surface area (Å²) in [5.74, 6) is -2.61. The lowest BCUT2D eigenvalue weighted by molar-refractivity contribution is 0.0465. The highest BCUT2D eigenvalue weighted by atomic mass is 19.1. The molecular weight excluding hydrogens is 483 g/mol. The number of phenolic OH excluding ortho intramolecular Hbond substituents is 2. The number of aromatic hydroxyl groups is 2. The van der Waals surface area contributed by atoms with Crippen molar-refractivity contribution in [2.24, 2.45) is 11.8 Å². The number of likely N-dealkylation sites (N-methyl/N-ethyl adjacent to an activating group) is 1. The van der Waals surface area contributed by atoms with Gasteiger partial charge in [0.15, 0.2) is 11.6 Å². The average Bonchev–Trinajstić information content (AvgIpc) is 3.35. The molecule has 2 unspecified atom stereocenters. The second-order valence-corrected chi connectivity index (χ2v) is 10.7. The zero-order valence-corrected chi connectivity index (χ0v) is 21.7. The van der Waals surface area contributed by atoms with Crippen LogP contribution in [-0.4, -0.2) is 70.8 Å². The van der Waals surface area contributed by atoms with Gasteiger partial charge in [-0.3, -0.25) is 14.5 Å². The molecule has 2 fully saturated rings. The molecule has 198 valence electrons. The number of halogens is 1. The summed E-state index contributed by atoms with van der Waals surface area (Å²) < 4.78 is 14.9. The third-order valence-electron chi connectivity index (χ3n) is 8.22. The van der Waals surface area contributed by atoms with E-state index in [4.69, 9.17) is 0 Å². The van der Waals surface area contributed by atoms with E-state index in [2.05, 4.69) is 16.8 Å². The van der Waals surface area contributed by atoms with Crippen molar-refractivity contribution < 1.29 is 24.2 Å². The molecule has 2 saturated heterocycles. The number of likely N-dealkylation sites (tertiary alicyclic amines) is 2. The van der Waals surface area contributed by atoms with Crippen LogP contribution in [0, 0.1) is 24.6 Å². The molecule has 2 aliphatic rings. The minimum atomic E-state index is -0.636. The zero-order chi connectivity index (χ0) is 27.0. The Balaban J connectivity index is 1.65.